The first-order valence-corrected chi connectivity index (χ1v) is 5.30. The van der Waals surface area contributed by atoms with Crippen molar-refractivity contribution >= 4 is 5.97 Å². The maximum absolute atomic E-state index is 11.2. The summed E-state index contributed by atoms with van der Waals surface area (Å²) in [6.07, 6.45) is 0.271. The van der Waals surface area contributed by atoms with Gasteiger partial charge in [-0.15, -0.1) is 0 Å². The van der Waals surface area contributed by atoms with Gasteiger partial charge in [0.1, 0.15) is 6.61 Å². The Morgan fingerprint density at radius 2 is 1.94 bits per heavy atom. The predicted molar refractivity (Wildman–Crippen MR) is 60.7 cm³/mol. The van der Waals surface area contributed by atoms with E-state index in [1.54, 1.807) is 0 Å². The summed E-state index contributed by atoms with van der Waals surface area (Å²) in [7, 11) is 0. The molecule has 1 rings (SSSR count). The van der Waals surface area contributed by atoms with E-state index in [0.717, 1.165) is 5.56 Å². The van der Waals surface area contributed by atoms with Crippen LogP contribution in [0.5, 0.6) is 0 Å². The summed E-state index contributed by atoms with van der Waals surface area (Å²) in [5.74, 6) is -0.249. The third-order valence-electron chi connectivity index (χ3n) is 1.96. The molecule has 0 spiro atoms. The van der Waals surface area contributed by atoms with E-state index < -0.39 is 0 Å². The fraction of sp³-hybridized carbons (Fsp3) is 0.417. The van der Waals surface area contributed by atoms with Gasteiger partial charge in [-0.1, -0.05) is 30.3 Å². The van der Waals surface area contributed by atoms with Gasteiger partial charge in [-0.05, 0) is 5.56 Å². The third-order valence-corrected chi connectivity index (χ3v) is 1.96. The van der Waals surface area contributed by atoms with E-state index in [2.05, 4.69) is 0 Å². The van der Waals surface area contributed by atoms with Gasteiger partial charge in [-0.2, -0.15) is 0 Å². The largest absolute Gasteiger partial charge is 0.461 e. The zero-order chi connectivity index (χ0) is 11.6. The highest BCUT2D eigenvalue weighted by Gasteiger charge is 2.02. The normalized spacial score (nSPS) is 10.1. The average Bonchev–Trinajstić information content (AvgIpc) is 2.33. The first-order valence-electron chi connectivity index (χ1n) is 5.30. The fourth-order valence-corrected chi connectivity index (χ4v) is 1.15. The summed E-state index contributed by atoms with van der Waals surface area (Å²) >= 11 is 0. The van der Waals surface area contributed by atoms with Gasteiger partial charge in [0.15, 0.2) is 0 Å². The van der Waals surface area contributed by atoms with Crippen molar-refractivity contribution in [2.75, 3.05) is 19.8 Å². The fourth-order valence-electron chi connectivity index (χ4n) is 1.15. The Kier molecular flexibility index (Phi) is 6.22. The van der Waals surface area contributed by atoms with Crippen LogP contribution in [0.4, 0.5) is 0 Å². The molecule has 16 heavy (non-hydrogen) atoms. The number of hydrogen-bond acceptors (Lipinski definition) is 4. The number of hydrogen-bond donors (Lipinski definition) is 1. The van der Waals surface area contributed by atoms with Crippen LogP contribution >= 0.6 is 0 Å². The van der Waals surface area contributed by atoms with E-state index in [-0.39, 0.29) is 12.4 Å². The Balaban J connectivity index is 2.11. The molecule has 1 aromatic rings. The lowest BCUT2D eigenvalue weighted by Crippen LogP contribution is -2.12. The lowest BCUT2D eigenvalue weighted by Gasteiger charge is -2.05. The van der Waals surface area contributed by atoms with Crippen LogP contribution in [0, 0.1) is 0 Å². The molecule has 0 saturated carbocycles. The van der Waals surface area contributed by atoms with E-state index >= 15 is 0 Å². The van der Waals surface area contributed by atoms with Crippen LogP contribution in [0.15, 0.2) is 30.3 Å². The first kappa shape index (κ1) is 12.7. The van der Waals surface area contributed by atoms with Crippen molar-refractivity contribution in [1.82, 2.24) is 0 Å². The second-order valence-corrected chi connectivity index (χ2v) is 3.30. The highest BCUT2D eigenvalue weighted by atomic mass is 16.5. The first-order chi connectivity index (χ1) is 7.83. The Labute approximate surface area is 95.3 Å². The Morgan fingerprint density at radius 1 is 1.19 bits per heavy atom. The number of carbonyl (C=O) groups excluding carboxylic acids is 1. The molecule has 0 fully saturated rings. The van der Waals surface area contributed by atoms with Crippen molar-refractivity contribution in [1.29, 1.82) is 0 Å². The van der Waals surface area contributed by atoms with Gasteiger partial charge in [0.25, 0.3) is 0 Å². The number of esters is 1. The smallest absolute Gasteiger partial charge is 0.308 e. The lowest BCUT2D eigenvalue weighted by atomic mass is 10.2. The Hall–Kier alpha value is -1.39. The SMILES string of the molecule is NCCOCCC(=O)OCc1ccccc1. The zero-order valence-electron chi connectivity index (χ0n) is 9.22. The minimum absolute atomic E-state index is 0.249. The van der Waals surface area contributed by atoms with Gasteiger partial charge < -0.3 is 15.2 Å². The molecule has 0 amide bonds. The van der Waals surface area contributed by atoms with Gasteiger partial charge in [0.05, 0.1) is 19.6 Å². The van der Waals surface area contributed by atoms with Gasteiger partial charge in [-0.3, -0.25) is 4.79 Å². The summed E-state index contributed by atoms with van der Waals surface area (Å²) < 4.78 is 10.1. The standard InChI is InChI=1S/C12H17NO3/c13-7-9-15-8-6-12(14)16-10-11-4-2-1-3-5-11/h1-5H,6-10,13H2. The molecule has 0 aliphatic rings. The second kappa shape index (κ2) is 7.84. The second-order valence-electron chi connectivity index (χ2n) is 3.30. The minimum atomic E-state index is -0.249. The van der Waals surface area contributed by atoms with Crippen molar-refractivity contribution in [3.63, 3.8) is 0 Å². The van der Waals surface area contributed by atoms with Gasteiger partial charge in [-0.25, -0.2) is 0 Å². The Morgan fingerprint density at radius 3 is 2.62 bits per heavy atom. The predicted octanol–water partition coefficient (Wildman–Crippen LogP) is 1.10. The maximum atomic E-state index is 11.2. The summed E-state index contributed by atoms with van der Waals surface area (Å²) in [5.41, 5.74) is 6.22. The molecule has 0 heterocycles. The average molecular weight is 223 g/mol. The quantitative estimate of drug-likeness (QED) is 0.555. The number of nitrogens with two attached hydrogens (primary N) is 1. The van der Waals surface area contributed by atoms with Crippen LogP contribution < -0.4 is 5.73 Å². The molecule has 0 radical (unpaired) electrons. The van der Waals surface area contributed by atoms with Crippen molar-refractivity contribution in [2.45, 2.75) is 13.0 Å². The molecule has 4 nitrogen and oxygen atoms in total. The van der Waals surface area contributed by atoms with Crippen molar-refractivity contribution < 1.29 is 14.3 Å². The maximum Gasteiger partial charge on any atom is 0.308 e. The van der Waals surface area contributed by atoms with Crippen LogP contribution in [0.1, 0.15) is 12.0 Å². The molecule has 0 bridgehead atoms. The molecule has 2 N–H and O–H groups in total. The molecule has 0 saturated heterocycles. The molecule has 0 unspecified atom stereocenters. The monoisotopic (exact) mass is 223 g/mol. The van der Waals surface area contributed by atoms with Crippen LogP contribution in [0.3, 0.4) is 0 Å². The van der Waals surface area contributed by atoms with Crippen LogP contribution in [0.2, 0.25) is 0 Å². The van der Waals surface area contributed by atoms with Gasteiger partial charge in [0, 0.05) is 6.54 Å². The molecule has 4 heteroatoms. The molecule has 88 valence electrons. The Bertz CT molecular complexity index is 300. The summed E-state index contributed by atoms with van der Waals surface area (Å²) in [6, 6.07) is 9.57. The highest BCUT2D eigenvalue weighted by Crippen LogP contribution is 2.01. The van der Waals surface area contributed by atoms with Crippen molar-refractivity contribution in [3.8, 4) is 0 Å². The van der Waals surface area contributed by atoms with Gasteiger partial charge >= 0.3 is 5.97 Å². The lowest BCUT2D eigenvalue weighted by molar-refractivity contribution is -0.146. The zero-order valence-corrected chi connectivity index (χ0v) is 9.22. The van der Waals surface area contributed by atoms with E-state index in [9.17, 15) is 4.79 Å². The van der Waals surface area contributed by atoms with E-state index in [0.29, 0.717) is 26.4 Å². The number of carbonyl (C=O) groups is 1. The van der Waals surface area contributed by atoms with Crippen LogP contribution in [0.25, 0.3) is 0 Å². The van der Waals surface area contributed by atoms with Gasteiger partial charge in [0.2, 0.25) is 0 Å². The summed E-state index contributed by atoms with van der Waals surface area (Å²) in [5, 5.41) is 0. The molecular weight excluding hydrogens is 206 g/mol. The van der Waals surface area contributed by atoms with Crippen molar-refractivity contribution in [2.24, 2.45) is 5.73 Å². The molecule has 0 aromatic heterocycles. The van der Waals surface area contributed by atoms with Crippen LogP contribution in [-0.2, 0) is 20.9 Å². The molecule has 1 aromatic carbocycles. The molecule has 0 aliphatic heterocycles. The topological polar surface area (TPSA) is 61.5 Å². The molecule has 0 aliphatic carbocycles. The summed E-state index contributed by atoms with van der Waals surface area (Å²) in [6.45, 7) is 1.63. The number of rotatable bonds is 7. The van der Waals surface area contributed by atoms with E-state index in [1.807, 2.05) is 30.3 Å². The van der Waals surface area contributed by atoms with E-state index in [4.69, 9.17) is 15.2 Å². The number of benzene rings is 1. The van der Waals surface area contributed by atoms with E-state index in [1.165, 1.54) is 0 Å². The summed E-state index contributed by atoms with van der Waals surface area (Å²) in [4.78, 5) is 11.2. The minimum Gasteiger partial charge on any atom is -0.461 e. The van der Waals surface area contributed by atoms with Crippen LogP contribution in [-0.4, -0.2) is 25.7 Å². The highest BCUT2D eigenvalue weighted by molar-refractivity contribution is 5.69. The van der Waals surface area contributed by atoms with Crippen molar-refractivity contribution in [3.05, 3.63) is 35.9 Å². The number of ether oxygens (including phenoxy) is 2. The third kappa shape index (κ3) is 5.48. The molecule has 0 atom stereocenters. The molecular formula is C12H17NO3.